The number of fused-ring (bicyclic) bond motifs is 7. The monoisotopic (exact) mass is 556 g/mol. The van der Waals surface area contributed by atoms with Crippen molar-refractivity contribution in [2.24, 2.45) is 27.6 Å². The Hall–Kier alpha value is -3.41. The van der Waals surface area contributed by atoms with Gasteiger partial charge in [0.25, 0.3) is 0 Å². The normalized spacial score (nSPS) is 39.8. The van der Waals surface area contributed by atoms with Gasteiger partial charge in [-0.2, -0.15) is 0 Å². The standard InChI is InChI=1S/C35H40O6/c1-20-21-10-11-26-32(3,24(21)18-25(36)28(20)37)14-16-34(5)27-19-35(30(40)41,23-9-7-6-8-22(23)29(38)39)17-13-31(27,2)12-15-33(26,34)4/h6-11,18,27,37H,12-17,19H2,1-5H3,(H,38,39)(H,40,41)/t27-,31+,32+,33-,34+,35-/m1/s1. The summed E-state index contributed by atoms with van der Waals surface area (Å²) in [6, 6.07) is 6.65. The minimum Gasteiger partial charge on any atom is -0.504 e. The van der Waals surface area contributed by atoms with E-state index in [9.17, 15) is 29.7 Å². The van der Waals surface area contributed by atoms with Crippen LogP contribution >= 0.6 is 0 Å². The van der Waals surface area contributed by atoms with E-state index in [1.54, 1.807) is 31.2 Å². The molecule has 6 rings (SSSR count). The lowest BCUT2D eigenvalue weighted by atomic mass is 9.34. The number of hydrogen-bond acceptors (Lipinski definition) is 4. The smallest absolute Gasteiger partial charge is 0.335 e. The molecular weight excluding hydrogens is 516 g/mol. The molecule has 0 unspecified atom stereocenters. The summed E-state index contributed by atoms with van der Waals surface area (Å²) in [6.45, 7) is 11.0. The molecule has 0 amide bonds. The van der Waals surface area contributed by atoms with Gasteiger partial charge in [-0.25, -0.2) is 4.79 Å². The summed E-state index contributed by atoms with van der Waals surface area (Å²) in [5.74, 6) is -2.51. The molecular formula is C35H40O6. The van der Waals surface area contributed by atoms with Crippen molar-refractivity contribution in [2.75, 3.05) is 0 Å². The Morgan fingerprint density at radius 1 is 0.902 bits per heavy atom. The van der Waals surface area contributed by atoms with Crippen LogP contribution in [0.4, 0.5) is 0 Å². The molecule has 5 aliphatic carbocycles. The van der Waals surface area contributed by atoms with E-state index in [1.165, 1.54) is 11.6 Å². The molecule has 3 saturated carbocycles. The first-order valence-corrected chi connectivity index (χ1v) is 14.8. The topological polar surface area (TPSA) is 112 Å². The van der Waals surface area contributed by atoms with Crippen LogP contribution in [0, 0.1) is 27.6 Å². The van der Waals surface area contributed by atoms with Crippen molar-refractivity contribution in [3.63, 3.8) is 0 Å². The SMILES string of the molecule is CC1=C(O)C(=O)C=C2C1=CC=C1[C@@]2(C)CC[C@@]2(C)[C@@H]3C[C@@](C(=O)O)(c4ccccc4C(=O)O)CC[C@]3(C)CC[C@]12C. The van der Waals surface area contributed by atoms with Crippen molar-refractivity contribution in [1.29, 1.82) is 0 Å². The number of rotatable bonds is 3. The number of benzene rings is 1. The van der Waals surface area contributed by atoms with E-state index >= 15 is 0 Å². The Morgan fingerprint density at radius 2 is 1.59 bits per heavy atom. The van der Waals surface area contributed by atoms with Gasteiger partial charge in [0.05, 0.1) is 11.0 Å². The molecule has 6 nitrogen and oxygen atoms in total. The van der Waals surface area contributed by atoms with Crippen LogP contribution in [0.2, 0.25) is 0 Å². The highest BCUT2D eigenvalue weighted by Crippen LogP contribution is 2.75. The second kappa shape index (κ2) is 8.56. The van der Waals surface area contributed by atoms with Crippen molar-refractivity contribution < 1.29 is 29.7 Å². The van der Waals surface area contributed by atoms with E-state index in [-0.39, 0.29) is 44.7 Å². The molecule has 0 aliphatic heterocycles. The van der Waals surface area contributed by atoms with E-state index in [0.717, 1.165) is 43.3 Å². The highest BCUT2D eigenvalue weighted by atomic mass is 16.4. The lowest BCUT2D eigenvalue weighted by Gasteiger charge is -2.70. The van der Waals surface area contributed by atoms with Crippen LogP contribution in [-0.4, -0.2) is 33.0 Å². The molecule has 0 heterocycles. The summed E-state index contributed by atoms with van der Waals surface area (Å²) >= 11 is 0. The number of aliphatic hydroxyl groups excluding tert-OH is 1. The molecule has 3 fully saturated rings. The van der Waals surface area contributed by atoms with Gasteiger partial charge in [-0.15, -0.1) is 0 Å². The fourth-order valence-electron chi connectivity index (χ4n) is 9.93. The van der Waals surface area contributed by atoms with Gasteiger partial charge in [0.15, 0.2) is 5.76 Å². The molecule has 0 bridgehead atoms. The van der Waals surface area contributed by atoms with Gasteiger partial charge in [0.1, 0.15) is 0 Å². The Balaban J connectivity index is 1.49. The van der Waals surface area contributed by atoms with Crippen molar-refractivity contribution >= 4 is 17.7 Å². The molecule has 0 radical (unpaired) electrons. The van der Waals surface area contributed by atoms with Gasteiger partial charge in [0, 0.05) is 11.0 Å². The first-order valence-electron chi connectivity index (χ1n) is 14.8. The first kappa shape index (κ1) is 27.7. The Labute approximate surface area is 241 Å². The van der Waals surface area contributed by atoms with Crippen molar-refractivity contribution in [2.45, 2.75) is 85.0 Å². The number of aromatic carboxylic acids is 1. The average molecular weight is 557 g/mol. The number of carboxylic acid groups (broad SMARTS) is 2. The van der Waals surface area contributed by atoms with Gasteiger partial charge in [-0.05, 0) is 103 Å². The number of carboxylic acids is 2. The highest BCUT2D eigenvalue weighted by molar-refractivity contribution is 6.06. The fraction of sp³-hybridized carbons (Fsp3) is 0.514. The molecule has 6 heteroatoms. The third-order valence-electron chi connectivity index (χ3n) is 12.7. The molecule has 1 aromatic carbocycles. The second-order valence-electron chi connectivity index (χ2n) is 14.3. The Bertz CT molecular complexity index is 1540. The van der Waals surface area contributed by atoms with Gasteiger partial charge in [-0.1, -0.05) is 63.6 Å². The number of carbonyl (C=O) groups is 3. The third-order valence-corrected chi connectivity index (χ3v) is 12.7. The van der Waals surface area contributed by atoms with E-state index in [1.807, 2.05) is 0 Å². The minimum atomic E-state index is -1.27. The van der Waals surface area contributed by atoms with Gasteiger partial charge >= 0.3 is 11.9 Å². The van der Waals surface area contributed by atoms with Crippen LogP contribution in [0.5, 0.6) is 0 Å². The summed E-state index contributed by atoms with van der Waals surface area (Å²) < 4.78 is 0. The van der Waals surface area contributed by atoms with Crippen LogP contribution < -0.4 is 0 Å². The zero-order chi connectivity index (χ0) is 29.8. The maximum Gasteiger partial charge on any atom is 0.335 e. The lowest BCUT2D eigenvalue weighted by Crippen LogP contribution is -2.63. The van der Waals surface area contributed by atoms with E-state index < -0.39 is 17.4 Å². The van der Waals surface area contributed by atoms with Gasteiger partial charge < -0.3 is 15.3 Å². The summed E-state index contributed by atoms with van der Waals surface area (Å²) in [7, 11) is 0. The molecule has 1 aromatic rings. The van der Waals surface area contributed by atoms with Gasteiger partial charge in [-0.3, -0.25) is 9.59 Å². The molecule has 41 heavy (non-hydrogen) atoms. The number of allylic oxidation sites excluding steroid dienone is 7. The number of aliphatic hydroxyl groups is 1. The highest BCUT2D eigenvalue weighted by Gasteiger charge is 2.68. The number of hydrogen-bond donors (Lipinski definition) is 3. The van der Waals surface area contributed by atoms with Crippen molar-refractivity contribution in [3.8, 4) is 0 Å². The van der Waals surface area contributed by atoms with E-state index in [2.05, 4.69) is 39.8 Å². The molecule has 5 aliphatic rings. The van der Waals surface area contributed by atoms with Crippen LogP contribution in [0.25, 0.3) is 0 Å². The molecule has 216 valence electrons. The van der Waals surface area contributed by atoms with Crippen LogP contribution in [0.15, 0.2) is 70.5 Å². The lowest BCUT2D eigenvalue weighted by molar-refractivity contribution is -0.170. The van der Waals surface area contributed by atoms with E-state index in [0.29, 0.717) is 24.0 Å². The number of ketones is 1. The molecule has 6 atom stereocenters. The molecule has 0 saturated heterocycles. The zero-order valence-corrected chi connectivity index (χ0v) is 24.6. The first-order chi connectivity index (χ1) is 19.1. The number of aliphatic carboxylic acids is 1. The van der Waals surface area contributed by atoms with Crippen LogP contribution in [-0.2, 0) is 15.0 Å². The molecule has 0 spiro atoms. The molecule has 0 aromatic heterocycles. The van der Waals surface area contributed by atoms with Crippen LogP contribution in [0.3, 0.4) is 0 Å². The fourth-order valence-corrected chi connectivity index (χ4v) is 9.93. The predicted molar refractivity (Wildman–Crippen MR) is 156 cm³/mol. The van der Waals surface area contributed by atoms with Gasteiger partial charge in [0.2, 0.25) is 5.78 Å². The summed E-state index contributed by atoms with van der Waals surface area (Å²) in [4.78, 5) is 38.2. The van der Waals surface area contributed by atoms with Crippen LogP contribution in [0.1, 0.15) is 95.5 Å². The van der Waals surface area contributed by atoms with Crippen molar-refractivity contribution in [1.82, 2.24) is 0 Å². The quantitative estimate of drug-likeness (QED) is 0.359. The molecule has 3 N–H and O–H groups in total. The second-order valence-corrected chi connectivity index (χ2v) is 14.3. The number of carbonyl (C=O) groups excluding carboxylic acids is 1. The minimum absolute atomic E-state index is 0.0550. The zero-order valence-electron chi connectivity index (χ0n) is 24.6. The summed E-state index contributed by atoms with van der Waals surface area (Å²) in [5.41, 5.74) is 2.13. The Morgan fingerprint density at radius 3 is 2.27 bits per heavy atom. The Kier molecular flexibility index (Phi) is 5.79. The maximum atomic E-state index is 13.2. The van der Waals surface area contributed by atoms with Crippen molar-refractivity contribution in [3.05, 3.63) is 81.7 Å². The van der Waals surface area contributed by atoms with E-state index in [4.69, 9.17) is 0 Å². The summed E-state index contributed by atoms with van der Waals surface area (Å²) in [6.07, 6.45) is 11.0. The summed E-state index contributed by atoms with van der Waals surface area (Å²) in [5, 5.41) is 31.2. The largest absolute Gasteiger partial charge is 0.504 e. The third kappa shape index (κ3) is 3.39. The average Bonchev–Trinajstić information content (AvgIpc) is 2.93. The maximum absolute atomic E-state index is 13.2. The predicted octanol–water partition coefficient (Wildman–Crippen LogP) is 7.33.